The minimum Gasteiger partial charge on any atom is -0.478 e. The first kappa shape index (κ1) is 21.8. The Morgan fingerprint density at radius 2 is 1.29 bits per heavy atom. The minimum atomic E-state index is -1.17. The summed E-state index contributed by atoms with van der Waals surface area (Å²) < 4.78 is 0. The lowest BCUT2D eigenvalue weighted by Crippen LogP contribution is -2.17. The van der Waals surface area contributed by atoms with E-state index in [2.05, 4.69) is 10.6 Å². The number of hydrogen-bond donors (Lipinski definition) is 3. The first-order chi connectivity index (χ1) is 14.9. The molecule has 2 amide bonds. The molecule has 31 heavy (non-hydrogen) atoms. The molecule has 0 fully saturated rings. The number of amides is 2. The summed E-state index contributed by atoms with van der Waals surface area (Å²) in [5, 5.41) is 14.9. The van der Waals surface area contributed by atoms with Gasteiger partial charge in [0.25, 0.3) is 11.8 Å². The number of benzene rings is 3. The van der Waals surface area contributed by atoms with Crippen LogP contribution in [0.1, 0.15) is 56.0 Å². The molecule has 0 aliphatic heterocycles. The van der Waals surface area contributed by atoms with Crippen molar-refractivity contribution < 1.29 is 19.5 Å². The number of aromatic carboxylic acids is 1. The fourth-order valence-corrected chi connectivity index (χ4v) is 3.36. The molecule has 0 aliphatic rings. The van der Waals surface area contributed by atoms with Crippen molar-refractivity contribution in [2.45, 2.75) is 26.7 Å². The molecular weight excluding hydrogens is 392 g/mol. The summed E-state index contributed by atoms with van der Waals surface area (Å²) in [5.41, 5.74) is 3.92. The van der Waals surface area contributed by atoms with Crippen molar-refractivity contribution in [2.75, 3.05) is 10.6 Å². The molecule has 3 aromatic rings. The number of nitrogens with one attached hydrogen (secondary N) is 2. The molecule has 158 valence electrons. The first-order valence-corrected chi connectivity index (χ1v) is 10.1. The molecule has 0 aliphatic carbocycles. The summed E-state index contributed by atoms with van der Waals surface area (Å²) in [6.07, 6.45) is 1.62. The van der Waals surface area contributed by atoms with Crippen LogP contribution in [0.3, 0.4) is 0 Å². The predicted molar refractivity (Wildman–Crippen MR) is 121 cm³/mol. The van der Waals surface area contributed by atoms with Crippen LogP contribution in [0.15, 0.2) is 66.7 Å². The van der Waals surface area contributed by atoms with Gasteiger partial charge in [-0.1, -0.05) is 44.2 Å². The van der Waals surface area contributed by atoms with Crippen LogP contribution in [0.2, 0.25) is 0 Å². The maximum atomic E-state index is 12.8. The number of rotatable bonds is 7. The molecular formula is C25H24N2O4. The summed E-state index contributed by atoms with van der Waals surface area (Å²) in [5.74, 6) is -1.93. The van der Waals surface area contributed by atoms with Crippen molar-refractivity contribution in [1.82, 2.24) is 0 Å². The molecule has 3 N–H and O–H groups in total. The number of carboxylic acid groups (broad SMARTS) is 1. The third-order valence-corrected chi connectivity index (χ3v) is 5.04. The van der Waals surface area contributed by atoms with Crippen LogP contribution in [0.5, 0.6) is 0 Å². The first-order valence-electron chi connectivity index (χ1n) is 10.1. The Morgan fingerprint density at radius 1 is 0.710 bits per heavy atom. The van der Waals surface area contributed by atoms with E-state index < -0.39 is 11.9 Å². The maximum absolute atomic E-state index is 12.8. The molecule has 0 spiro atoms. The summed E-state index contributed by atoms with van der Waals surface area (Å²) in [6.45, 7) is 4.09. The predicted octanol–water partition coefficient (Wildman–Crippen LogP) is 5.01. The summed E-state index contributed by atoms with van der Waals surface area (Å²) >= 11 is 0. The molecule has 0 saturated carbocycles. The van der Waals surface area contributed by atoms with Crippen molar-refractivity contribution in [3.8, 4) is 0 Å². The van der Waals surface area contributed by atoms with Crippen molar-refractivity contribution >= 4 is 29.2 Å². The minimum absolute atomic E-state index is 0.0695. The summed E-state index contributed by atoms with van der Waals surface area (Å²) in [7, 11) is 0. The standard InChI is InChI=1S/C25H24N2O4/c1-3-16-8-7-9-17(4-2)22(16)27-23(28)18-12-14-19(15-13-18)26-24(29)20-10-5-6-11-21(20)25(30)31/h5-15H,3-4H2,1-2H3,(H,26,29)(H,27,28)(H,30,31). The lowest BCUT2D eigenvalue weighted by atomic mass is 10.0. The van der Waals surface area contributed by atoms with Gasteiger partial charge in [-0.3, -0.25) is 9.59 Å². The Balaban J connectivity index is 1.75. The van der Waals surface area contributed by atoms with Crippen LogP contribution in [0.25, 0.3) is 0 Å². The number of hydrogen-bond acceptors (Lipinski definition) is 3. The van der Waals surface area contributed by atoms with Gasteiger partial charge in [0, 0.05) is 16.9 Å². The van der Waals surface area contributed by atoms with Gasteiger partial charge in [-0.2, -0.15) is 0 Å². The second-order valence-electron chi connectivity index (χ2n) is 6.99. The second-order valence-corrected chi connectivity index (χ2v) is 6.99. The zero-order valence-corrected chi connectivity index (χ0v) is 17.4. The number of carbonyl (C=O) groups excluding carboxylic acids is 2. The third kappa shape index (κ3) is 4.98. The van der Waals surface area contributed by atoms with Gasteiger partial charge in [0.1, 0.15) is 0 Å². The topological polar surface area (TPSA) is 95.5 Å². The number of anilines is 2. The smallest absolute Gasteiger partial charge is 0.336 e. The fourth-order valence-electron chi connectivity index (χ4n) is 3.36. The molecule has 0 unspecified atom stereocenters. The van der Waals surface area contributed by atoms with Crippen LogP contribution in [-0.2, 0) is 12.8 Å². The average molecular weight is 416 g/mol. The number of carbonyl (C=O) groups is 3. The van der Waals surface area contributed by atoms with Crippen LogP contribution in [0.4, 0.5) is 11.4 Å². The van der Waals surface area contributed by atoms with E-state index in [0.717, 1.165) is 29.7 Å². The summed E-state index contributed by atoms with van der Waals surface area (Å²) in [4.78, 5) is 36.6. The number of carboxylic acids is 1. The number of para-hydroxylation sites is 1. The lowest BCUT2D eigenvalue weighted by molar-refractivity contribution is 0.0692. The normalized spacial score (nSPS) is 10.4. The molecule has 0 atom stereocenters. The van der Waals surface area contributed by atoms with Crippen molar-refractivity contribution in [1.29, 1.82) is 0 Å². The van der Waals surface area contributed by atoms with Crippen LogP contribution >= 0.6 is 0 Å². The van der Waals surface area contributed by atoms with Gasteiger partial charge in [-0.15, -0.1) is 0 Å². The Morgan fingerprint density at radius 3 is 1.84 bits per heavy atom. The maximum Gasteiger partial charge on any atom is 0.336 e. The molecule has 0 saturated heterocycles. The molecule has 6 nitrogen and oxygen atoms in total. The van der Waals surface area contributed by atoms with Gasteiger partial charge >= 0.3 is 5.97 Å². The van der Waals surface area contributed by atoms with Gasteiger partial charge in [-0.25, -0.2) is 4.79 Å². The van der Waals surface area contributed by atoms with E-state index in [9.17, 15) is 19.5 Å². The number of aryl methyl sites for hydroxylation is 2. The van der Waals surface area contributed by atoms with Gasteiger partial charge < -0.3 is 15.7 Å². The quantitative estimate of drug-likeness (QED) is 0.504. The van der Waals surface area contributed by atoms with E-state index in [4.69, 9.17) is 0 Å². The second kappa shape index (κ2) is 9.71. The highest BCUT2D eigenvalue weighted by Crippen LogP contribution is 2.23. The largest absolute Gasteiger partial charge is 0.478 e. The van der Waals surface area contributed by atoms with E-state index in [1.165, 1.54) is 12.1 Å². The highest BCUT2D eigenvalue weighted by molar-refractivity contribution is 6.11. The lowest BCUT2D eigenvalue weighted by Gasteiger charge is -2.14. The SMILES string of the molecule is CCc1cccc(CC)c1NC(=O)c1ccc(NC(=O)c2ccccc2C(=O)O)cc1. The molecule has 0 radical (unpaired) electrons. The van der Waals surface area contributed by atoms with Crippen LogP contribution < -0.4 is 10.6 Å². The monoisotopic (exact) mass is 416 g/mol. The zero-order valence-electron chi connectivity index (χ0n) is 17.4. The van der Waals surface area contributed by atoms with Crippen LogP contribution in [0, 0.1) is 0 Å². The molecule has 6 heteroatoms. The third-order valence-electron chi connectivity index (χ3n) is 5.04. The molecule has 0 heterocycles. The summed E-state index contributed by atoms with van der Waals surface area (Å²) in [6, 6.07) is 18.5. The zero-order chi connectivity index (χ0) is 22.4. The van der Waals surface area contributed by atoms with Gasteiger partial charge in [0.15, 0.2) is 0 Å². The fraction of sp³-hybridized carbons (Fsp3) is 0.160. The Kier molecular flexibility index (Phi) is 6.82. The molecule has 0 aromatic heterocycles. The molecule has 3 aromatic carbocycles. The van der Waals surface area contributed by atoms with Crippen molar-refractivity contribution in [3.63, 3.8) is 0 Å². The van der Waals surface area contributed by atoms with E-state index in [1.807, 2.05) is 32.0 Å². The van der Waals surface area contributed by atoms with Crippen molar-refractivity contribution in [2.24, 2.45) is 0 Å². The van der Waals surface area contributed by atoms with Crippen molar-refractivity contribution in [3.05, 3.63) is 94.5 Å². The van der Waals surface area contributed by atoms with Gasteiger partial charge in [0.05, 0.1) is 11.1 Å². The average Bonchev–Trinajstić information content (AvgIpc) is 2.79. The van der Waals surface area contributed by atoms with Crippen LogP contribution in [-0.4, -0.2) is 22.9 Å². The van der Waals surface area contributed by atoms with E-state index in [0.29, 0.717) is 11.3 Å². The van der Waals surface area contributed by atoms with Gasteiger partial charge in [0.2, 0.25) is 0 Å². The molecule has 3 rings (SSSR count). The van der Waals surface area contributed by atoms with E-state index >= 15 is 0 Å². The van der Waals surface area contributed by atoms with Gasteiger partial charge in [-0.05, 0) is 60.4 Å². The highest BCUT2D eigenvalue weighted by Gasteiger charge is 2.16. The Hall–Kier alpha value is -3.93. The van der Waals surface area contributed by atoms with E-state index in [-0.39, 0.29) is 17.0 Å². The Bertz CT molecular complexity index is 1100. The molecule has 0 bridgehead atoms. The Labute approximate surface area is 180 Å². The van der Waals surface area contributed by atoms with E-state index in [1.54, 1.807) is 36.4 Å². The highest BCUT2D eigenvalue weighted by atomic mass is 16.4.